The molecule has 6 heteroatoms. The van der Waals surface area contributed by atoms with Crippen molar-refractivity contribution >= 4 is 23.5 Å². The SMILES string of the molecule is O=C(O)C1CCCCN1C(=O)c1ccc(O)c(Cl)c1. The first kappa shape index (κ1) is 13.7. The maximum absolute atomic E-state index is 12.3. The van der Waals surface area contributed by atoms with Crippen LogP contribution < -0.4 is 0 Å². The van der Waals surface area contributed by atoms with E-state index in [1.165, 1.54) is 23.1 Å². The van der Waals surface area contributed by atoms with Crippen molar-refractivity contribution in [1.29, 1.82) is 0 Å². The molecule has 0 spiro atoms. The zero-order chi connectivity index (χ0) is 14.0. The molecule has 1 aromatic carbocycles. The molecule has 1 amide bonds. The number of amides is 1. The second-order valence-corrected chi connectivity index (χ2v) is 4.92. The summed E-state index contributed by atoms with van der Waals surface area (Å²) in [6.45, 7) is 0.425. The maximum atomic E-state index is 12.3. The molecule has 0 saturated carbocycles. The van der Waals surface area contributed by atoms with Crippen LogP contribution in [0.3, 0.4) is 0 Å². The molecular formula is C13H14ClNO4. The molecular weight excluding hydrogens is 270 g/mol. The van der Waals surface area contributed by atoms with Crippen molar-refractivity contribution in [2.45, 2.75) is 25.3 Å². The lowest BCUT2D eigenvalue weighted by Gasteiger charge is -2.33. The number of likely N-dealkylation sites (tertiary alicyclic amines) is 1. The van der Waals surface area contributed by atoms with Gasteiger partial charge in [0.25, 0.3) is 5.91 Å². The minimum absolute atomic E-state index is 0.0785. The number of nitrogens with zero attached hydrogens (tertiary/aromatic N) is 1. The minimum atomic E-state index is -0.988. The zero-order valence-electron chi connectivity index (χ0n) is 10.2. The summed E-state index contributed by atoms with van der Waals surface area (Å²) in [5.74, 6) is -1.46. The van der Waals surface area contributed by atoms with E-state index in [2.05, 4.69) is 0 Å². The van der Waals surface area contributed by atoms with Crippen molar-refractivity contribution in [2.24, 2.45) is 0 Å². The zero-order valence-corrected chi connectivity index (χ0v) is 10.9. The van der Waals surface area contributed by atoms with E-state index < -0.39 is 12.0 Å². The molecule has 102 valence electrons. The van der Waals surface area contributed by atoms with Crippen LogP contribution in [0, 0.1) is 0 Å². The van der Waals surface area contributed by atoms with Gasteiger partial charge in [0.15, 0.2) is 0 Å². The Labute approximate surface area is 115 Å². The highest BCUT2D eigenvalue weighted by Gasteiger charge is 2.32. The summed E-state index contributed by atoms with van der Waals surface area (Å²) >= 11 is 5.76. The molecule has 2 N–H and O–H groups in total. The number of hydrogen-bond acceptors (Lipinski definition) is 3. The summed E-state index contributed by atoms with van der Waals surface area (Å²) in [5.41, 5.74) is 0.288. The highest BCUT2D eigenvalue weighted by molar-refractivity contribution is 6.32. The Balaban J connectivity index is 2.26. The van der Waals surface area contributed by atoms with Gasteiger partial charge in [-0.2, -0.15) is 0 Å². The van der Waals surface area contributed by atoms with Gasteiger partial charge < -0.3 is 15.1 Å². The topological polar surface area (TPSA) is 77.8 Å². The van der Waals surface area contributed by atoms with E-state index in [0.29, 0.717) is 13.0 Å². The fourth-order valence-electron chi connectivity index (χ4n) is 2.24. The van der Waals surface area contributed by atoms with E-state index in [9.17, 15) is 14.7 Å². The lowest BCUT2D eigenvalue weighted by atomic mass is 10.0. The van der Waals surface area contributed by atoms with Crippen molar-refractivity contribution in [3.8, 4) is 5.75 Å². The van der Waals surface area contributed by atoms with Crippen molar-refractivity contribution in [3.05, 3.63) is 28.8 Å². The van der Waals surface area contributed by atoms with Gasteiger partial charge in [0.05, 0.1) is 5.02 Å². The summed E-state index contributed by atoms with van der Waals surface area (Å²) < 4.78 is 0. The number of phenolic OH excluding ortho intramolecular Hbond substituents is 1. The number of rotatable bonds is 2. The van der Waals surface area contributed by atoms with Gasteiger partial charge in [-0.05, 0) is 37.5 Å². The lowest BCUT2D eigenvalue weighted by molar-refractivity contribution is -0.143. The molecule has 1 saturated heterocycles. The molecule has 5 nitrogen and oxygen atoms in total. The predicted molar refractivity (Wildman–Crippen MR) is 69.4 cm³/mol. The number of hydrogen-bond donors (Lipinski definition) is 2. The molecule has 0 radical (unpaired) electrons. The second-order valence-electron chi connectivity index (χ2n) is 4.51. The van der Waals surface area contributed by atoms with E-state index in [4.69, 9.17) is 16.7 Å². The van der Waals surface area contributed by atoms with Crippen LogP contribution in [0.25, 0.3) is 0 Å². The smallest absolute Gasteiger partial charge is 0.326 e. The Morgan fingerprint density at radius 2 is 2.05 bits per heavy atom. The number of phenols is 1. The van der Waals surface area contributed by atoms with Gasteiger partial charge in [-0.3, -0.25) is 4.79 Å². The summed E-state index contributed by atoms with van der Waals surface area (Å²) in [5, 5.41) is 18.5. The largest absolute Gasteiger partial charge is 0.506 e. The van der Waals surface area contributed by atoms with Gasteiger partial charge in [0.1, 0.15) is 11.8 Å². The molecule has 1 fully saturated rings. The predicted octanol–water partition coefficient (Wildman–Crippen LogP) is 2.12. The third kappa shape index (κ3) is 2.81. The number of carboxylic acid groups (broad SMARTS) is 1. The summed E-state index contributed by atoms with van der Waals surface area (Å²) in [7, 11) is 0. The third-order valence-corrected chi connectivity index (χ3v) is 3.55. The average molecular weight is 284 g/mol. The van der Waals surface area contributed by atoms with Crippen LogP contribution in [0.4, 0.5) is 0 Å². The van der Waals surface area contributed by atoms with E-state index in [1.54, 1.807) is 0 Å². The molecule has 2 rings (SSSR count). The molecule has 1 heterocycles. The third-order valence-electron chi connectivity index (χ3n) is 3.24. The first-order chi connectivity index (χ1) is 9.00. The molecule has 1 unspecified atom stereocenters. The number of aliphatic carboxylic acids is 1. The molecule has 1 aliphatic rings. The molecule has 1 atom stereocenters. The Kier molecular flexibility index (Phi) is 3.95. The number of piperidine rings is 1. The monoisotopic (exact) mass is 283 g/mol. The highest BCUT2D eigenvalue weighted by Crippen LogP contribution is 2.26. The molecule has 1 aromatic rings. The van der Waals surface area contributed by atoms with Gasteiger partial charge in [-0.1, -0.05) is 11.6 Å². The number of halogens is 1. The Morgan fingerprint density at radius 3 is 2.68 bits per heavy atom. The van der Waals surface area contributed by atoms with E-state index in [0.717, 1.165) is 12.8 Å². The Bertz CT molecular complexity index is 517. The number of benzene rings is 1. The van der Waals surface area contributed by atoms with Gasteiger partial charge in [-0.25, -0.2) is 4.79 Å². The molecule has 1 aliphatic heterocycles. The lowest BCUT2D eigenvalue weighted by Crippen LogP contribution is -2.47. The first-order valence-corrected chi connectivity index (χ1v) is 6.41. The van der Waals surface area contributed by atoms with Crippen molar-refractivity contribution in [1.82, 2.24) is 4.90 Å². The Hall–Kier alpha value is -1.75. The second kappa shape index (κ2) is 5.48. The number of aromatic hydroxyl groups is 1. The van der Waals surface area contributed by atoms with Gasteiger partial charge in [-0.15, -0.1) is 0 Å². The van der Waals surface area contributed by atoms with Crippen LogP contribution in [-0.2, 0) is 4.79 Å². The fourth-order valence-corrected chi connectivity index (χ4v) is 2.42. The fraction of sp³-hybridized carbons (Fsp3) is 0.385. The van der Waals surface area contributed by atoms with Gasteiger partial charge >= 0.3 is 5.97 Å². The summed E-state index contributed by atoms with van der Waals surface area (Å²) in [6, 6.07) is 3.34. The van der Waals surface area contributed by atoms with Crippen molar-refractivity contribution in [3.63, 3.8) is 0 Å². The van der Waals surface area contributed by atoms with Crippen LogP contribution in [0.5, 0.6) is 5.75 Å². The van der Waals surface area contributed by atoms with Gasteiger partial charge in [0.2, 0.25) is 0 Å². The number of carboxylic acids is 1. The van der Waals surface area contributed by atoms with E-state index in [1.807, 2.05) is 0 Å². The molecule has 19 heavy (non-hydrogen) atoms. The Morgan fingerprint density at radius 1 is 1.32 bits per heavy atom. The standard InChI is InChI=1S/C13H14ClNO4/c14-9-7-8(4-5-11(9)16)12(17)15-6-2-1-3-10(15)13(18)19/h4-5,7,10,16H,1-3,6H2,(H,18,19). The molecule has 0 aromatic heterocycles. The number of carbonyl (C=O) groups excluding carboxylic acids is 1. The first-order valence-electron chi connectivity index (χ1n) is 6.03. The average Bonchev–Trinajstić information content (AvgIpc) is 2.41. The quantitative estimate of drug-likeness (QED) is 0.871. The van der Waals surface area contributed by atoms with Gasteiger partial charge in [0, 0.05) is 12.1 Å². The van der Waals surface area contributed by atoms with E-state index in [-0.39, 0.29) is 22.2 Å². The van der Waals surface area contributed by atoms with E-state index >= 15 is 0 Å². The van der Waals surface area contributed by atoms with Crippen LogP contribution in [0.1, 0.15) is 29.6 Å². The highest BCUT2D eigenvalue weighted by atomic mass is 35.5. The van der Waals surface area contributed by atoms with Crippen LogP contribution in [0.2, 0.25) is 5.02 Å². The summed E-state index contributed by atoms with van der Waals surface area (Å²) in [6.07, 6.45) is 2.06. The van der Waals surface area contributed by atoms with Crippen LogP contribution in [0.15, 0.2) is 18.2 Å². The van der Waals surface area contributed by atoms with Crippen LogP contribution in [-0.4, -0.2) is 39.6 Å². The minimum Gasteiger partial charge on any atom is -0.506 e. The summed E-state index contributed by atoms with van der Waals surface area (Å²) in [4.78, 5) is 24.8. The maximum Gasteiger partial charge on any atom is 0.326 e. The number of carbonyl (C=O) groups is 2. The van der Waals surface area contributed by atoms with Crippen molar-refractivity contribution < 1.29 is 19.8 Å². The molecule has 0 bridgehead atoms. The normalized spacial score (nSPS) is 19.2. The molecule has 0 aliphatic carbocycles. The van der Waals surface area contributed by atoms with Crippen molar-refractivity contribution in [2.75, 3.05) is 6.54 Å². The van der Waals surface area contributed by atoms with Crippen LogP contribution >= 0.6 is 11.6 Å².